The summed E-state index contributed by atoms with van der Waals surface area (Å²) in [5, 5.41) is 7.16. The van der Waals surface area contributed by atoms with Gasteiger partial charge in [-0.2, -0.15) is 0 Å². The predicted octanol–water partition coefficient (Wildman–Crippen LogP) is 2.59. The number of halogens is 3. The summed E-state index contributed by atoms with van der Waals surface area (Å²) in [5.74, 6) is 0.411. The van der Waals surface area contributed by atoms with Crippen molar-refractivity contribution in [2.24, 2.45) is 5.73 Å². The number of nitrogens with two attached hydrogens (primary N) is 1. The number of H-pyrrole nitrogens is 1. The normalized spacial score (nSPS) is 15.4. The second-order valence-electron chi connectivity index (χ2n) is 7.48. The van der Waals surface area contributed by atoms with Gasteiger partial charge in [0.15, 0.2) is 12.2 Å². The van der Waals surface area contributed by atoms with E-state index in [0.29, 0.717) is 34.9 Å². The van der Waals surface area contributed by atoms with Gasteiger partial charge in [-0.3, -0.25) is 4.79 Å². The van der Waals surface area contributed by atoms with Gasteiger partial charge < -0.3 is 30.7 Å². The number of aromatic amines is 1. The van der Waals surface area contributed by atoms with Crippen molar-refractivity contribution in [3.05, 3.63) is 42.1 Å². The molecule has 33 heavy (non-hydrogen) atoms. The molecule has 0 saturated carbocycles. The molecule has 0 bridgehead atoms. The molecule has 13 heteroatoms. The van der Waals surface area contributed by atoms with E-state index in [2.05, 4.69) is 30.5 Å². The largest absolute Gasteiger partial charge is 0.438 e. The molecule has 1 atom stereocenters. The molecule has 4 heterocycles. The molecular formula is C20H23Cl2FN8O2. The SMILES string of the molecule is CNc1cc(F)cc2c1[nH]c1nc(CNC(=O)c3cnco3)nc(N3CCC(N)C3)c12.Cl.Cl. The smallest absolute Gasteiger partial charge is 0.289 e. The van der Waals surface area contributed by atoms with Gasteiger partial charge in [0.25, 0.3) is 5.91 Å². The maximum Gasteiger partial charge on any atom is 0.289 e. The zero-order valence-electron chi connectivity index (χ0n) is 17.6. The van der Waals surface area contributed by atoms with E-state index in [1.54, 1.807) is 7.05 Å². The lowest BCUT2D eigenvalue weighted by Crippen LogP contribution is -2.28. The second kappa shape index (κ2) is 9.77. The van der Waals surface area contributed by atoms with Gasteiger partial charge in [-0.05, 0) is 18.6 Å². The topological polar surface area (TPSA) is 138 Å². The van der Waals surface area contributed by atoms with E-state index in [-0.39, 0.29) is 49.0 Å². The summed E-state index contributed by atoms with van der Waals surface area (Å²) in [6.07, 6.45) is 3.36. The fraction of sp³-hybridized carbons (Fsp3) is 0.300. The Labute approximate surface area is 200 Å². The van der Waals surface area contributed by atoms with Crippen molar-refractivity contribution in [2.75, 3.05) is 30.4 Å². The number of hydrogen-bond acceptors (Lipinski definition) is 8. The summed E-state index contributed by atoms with van der Waals surface area (Å²) in [4.78, 5) is 30.6. The van der Waals surface area contributed by atoms with Gasteiger partial charge in [0.05, 0.1) is 29.3 Å². The summed E-state index contributed by atoms with van der Waals surface area (Å²) in [5.41, 5.74) is 8.04. The Morgan fingerprint density at radius 2 is 2.18 bits per heavy atom. The summed E-state index contributed by atoms with van der Waals surface area (Å²) in [6.45, 7) is 1.46. The standard InChI is InChI=1S/C20H21FN8O2.2ClH/c1-23-13-5-10(21)4-12-16-18(28-17(12)13)26-15(7-25-20(30)14-6-24-9-31-14)27-19(16)29-3-2-11(22)8-29;;/h4-6,9,11,23H,2-3,7-8,22H2,1H3,(H,25,30)(H,26,27,28);2*1H. The predicted molar refractivity (Wildman–Crippen MR) is 128 cm³/mol. The van der Waals surface area contributed by atoms with Crippen LogP contribution in [0.3, 0.4) is 0 Å². The fourth-order valence-electron chi connectivity index (χ4n) is 3.95. The minimum Gasteiger partial charge on any atom is -0.438 e. The molecule has 1 amide bonds. The number of hydrogen-bond donors (Lipinski definition) is 4. The van der Waals surface area contributed by atoms with E-state index in [4.69, 9.17) is 15.1 Å². The molecule has 1 aromatic carbocycles. The molecule has 0 spiro atoms. The van der Waals surface area contributed by atoms with Crippen molar-refractivity contribution in [1.29, 1.82) is 0 Å². The number of fused-ring (bicyclic) bond motifs is 3. The molecule has 0 aliphatic carbocycles. The molecule has 176 valence electrons. The lowest BCUT2D eigenvalue weighted by molar-refractivity contribution is 0.0922. The van der Waals surface area contributed by atoms with Gasteiger partial charge in [-0.25, -0.2) is 19.3 Å². The quantitative estimate of drug-likeness (QED) is 0.330. The van der Waals surface area contributed by atoms with Crippen LogP contribution in [0.15, 0.2) is 29.1 Å². The molecule has 3 aromatic heterocycles. The van der Waals surface area contributed by atoms with Crippen LogP contribution in [-0.2, 0) is 6.54 Å². The summed E-state index contributed by atoms with van der Waals surface area (Å²) < 4.78 is 19.3. The molecule has 1 unspecified atom stereocenters. The molecule has 1 fully saturated rings. The molecule has 5 N–H and O–H groups in total. The average molecular weight is 497 g/mol. The number of nitrogens with zero attached hydrogens (tertiary/aromatic N) is 4. The van der Waals surface area contributed by atoms with E-state index in [0.717, 1.165) is 23.9 Å². The number of nitrogens with one attached hydrogen (secondary N) is 3. The highest BCUT2D eigenvalue weighted by atomic mass is 35.5. The maximum atomic E-state index is 14.3. The van der Waals surface area contributed by atoms with Crippen LogP contribution in [0.2, 0.25) is 0 Å². The van der Waals surface area contributed by atoms with Crippen LogP contribution >= 0.6 is 24.8 Å². The molecule has 1 saturated heterocycles. The Morgan fingerprint density at radius 1 is 1.36 bits per heavy atom. The highest BCUT2D eigenvalue weighted by Gasteiger charge is 2.26. The van der Waals surface area contributed by atoms with E-state index in [1.807, 2.05) is 0 Å². The van der Waals surface area contributed by atoms with Gasteiger partial charge in [0.1, 0.15) is 17.3 Å². The molecule has 10 nitrogen and oxygen atoms in total. The third kappa shape index (κ3) is 4.52. The zero-order valence-corrected chi connectivity index (χ0v) is 19.2. The van der Waals surface area contributed by atoms with Crippen molar-refractivity contribution in [3.8, 4) is 0 Å². The van der Waals surface area contributed by atoms with Crippen LogP contribution < -0.4 is 21.3 Å². The fourth-order valence-corrected chi connectivity index (χ4v) is 3.95. The van der Waals surface area contributed by atoms with Crippen molar-refractivity contribution >= 4 is 64.2 Å². The first-order valence-electron chi connectivity index (χ1n) is 9.90. The number of anilines is 2. The minimum absolute atomic E-state index is 0. The lowest BCUT2D eigenvalue weighted by Gasteiger charge is -2.19. The first-order chi connectivity index (χ1) is 15.0. The highest BCUT2D eigenvalue weighted by Crippen LogP contribution is 2.36. The van der Waals surface area contributed by atoms with Gasteiger partial charge in [0, 0.05) is 31.6 Å². The van der Waals surface area contributed by atoms with Crippen LogP contribution in [0.1, 0.15) is 22.8 Å². The van der Waals surface area contributed by atoms with Crippen LogP contribution in [0, 0.1) is 5.82 Å². The number of aromatic nitrogens is 4. The van der Waals surface area contributed by atoms with Crippen molar-refractivity contribution < 1.29 is 13.6 Å². The Bertz CT molecular complexity index is 1280. The van der Waals surface area contributed by atoms with Gasteiger partial charge in [0.2, 0.25) is 5.76 Å². The summed E-state index contributed by atoms with van der Waals surface area (Å²) >= 11 is 0. The third-order valence-corrected chi connectivity index (χ3v) is 5.41. The van der Waals surface area contributed by atoms with E-state index in [1.165, 1.54) is 24.7 Å². The summed E-state index contributed by atoms with van der Waals surface area (Å²) in [6, 6.07) is 2.94. The molecule has 5 rings (SSSR count). The van der Waals surface area contributed by atoms with Crippen LogP contribution in [0.25, 0.3) is 21.9 Å². The third-order valence-electron chi connectivity index (χ3n) is 5.41. The molecule has 0 radical (unpaired) electrons. The maximum absolute atomic E-state index is 14.3. The molecule has 1 aliphatic rings. The Kier molecular flexibility index (Phi) is 7.25. The van der Waals surface area contributed by atoms with Gasteiger partial charge in [-0.1, -0.05) is 0 Å². The average Bonchev–Trinajstić information content (AvgIpc) is 3.50. The number of carbonyl (C=O) groups is 1. The van der Waals surface area contributed by atoms with Gasteiger partial charge >= 0.3 is 0 Å². The van der Waals surface area contributed by atoms with Crippen LogP contribution in [0.4, 0.5) is 15.9 Å². The Hall–Kier alpha value is -3.15. The van der Waals surface area contributed by atoms with E-state index >= 15 is 0 Å². The Morgan fingerprint density at radius 3 is 2.85 bits per heavy atom. The number of rotatable bonds is 5. The second-order valence-corrected chi connectivity index (χ2v) is 7.48. The first kappa shape index (κ1) is 24.5. The summed E-state index contributed by atoms with van der Waals surface area (Å²) in [7, 11) is 1.73. The minimum atomic E-state index is -0.415. The zero-order chi connectivity index (χ0) is 21.5. The molecule has 4 aromatic rings. The molecule has 1 aliphatic heterocycles. The van der Waals surface area contributed by atoms with Crippen molar-refractivity contribution in [1.82, 2.24) is 25.3 Å². The van der Waals surface area contributed by atoms with Crippen LogP contribution in [0.5, 0.6) is 0 Å². The number of carbonyl (C=O) groups excluding carboxylic acids is 1. The number of benzene rings is 1. The Balaban J connectivity index is 0.00000153. The van der Waals surface area contributed by atoms with Crippen molar-refractivity contribution in [2.45, 2.75) is 19.0 Å². The highest BCUT2D eigenvalue weighted by molar-refractivity contribution is 6.14. The van der Waals surface area contributed by atoms with Crippen LogP contribution in [-0.4, -0.2) is 52.0 Å². The van der Waals surface area contributed by atoms with E-state index < -0.39 is 5.91 Å². The van der Waals surface area contributed by atoms with Gasteiger partial charge in [-0.15, -0.1) is 24.8 Å². The first-order valence-corrected chi connectivity index (χ1v) is 9.90. The molecular weight excluding hydrogens is 474 g/mol. The number of oxazole rings is 1. The van der Waals surface area contributed by atoms with Crippen molar-refractivity contribution in [3.63, 3.8) is 0 Å². The van der Waals surface area contributed by atoms with E-state index in [9.17, 15) is 9.18 Å². The lowest BCUT2D eigenvalue weighted by atomic mass is 10.1. The number of amides is 1. The monoisotopic (exact) mass is 496 g/mol.